The van der Waals surface area contributed by atoms with Crippen LogP contribution in [0.2, 0.25) is 0 Å². The molecule has 0 radical (unpaired) electrons. The van der Waals surface area contributed by atoms with Crippen LogP contribution in [-0.2, 0) is 0 Å². The van der Waals surface area contributed by atoms with Gasteiger partial charge in [0.15, 0.2) is 0 Å². The van der Waals surface area contributed by atoms with E-state index in [2.05, 4.69) is 9.98 Å². The van der Waals surface area contributed by atoms with Gasteiger partial charge in [0.05, 0.1) is 28.7 Å². The minimum absolute atomic E-state index is 0.219. The first-order chi connectivity index (χ1) is 10.2. The van der Waals surface area contributed by atoms with Crippen molar-refractivity contribution in [2.45, 2.75) is 0 Å². The molecule has 1 N–H and O–H groups in total. The molecule has 1 aromatic heterocycles. The van der Waals surface area contributed by atoms with Gasteiger partial charge < -0.3 is 5.11 Å². The van der Waals surface area contributed by atoms with E-state index in [9.17, 15) is 4.79 Å². The molecule has 0 aliphatic carbocycles. The number of hydrogen-bond acceptors (Lipinski definition) is 3. The van der Waals surface area contributed by atoms with E-state index >= 15 is 0 Å². The maximum Gasteiger partial charge on any atom is 0.335 e. The topological polar surface area (TPSA) is 62.5 Å². The van der Waals surface area contributed by atoms with E-state index in [1.807, 2.05) is 36.4 Å². The molecule has 3 rings (SSSR count). The summed E-state index contributed by atoms with van der Waals surface area (Å²) in [6, 6.07) is 18.2. The lowest BCUT2D eigenvalue weighted by Crippen LogP contribution is -1.94. The number of carboxylic acids is 1. The fraction of sp³-hybridized carbons (Fsp3) is 0. The number of nitrogens with zero attached hydrogens (tertiary/aromatic N) is 2. The summed E-state index contributed by atoms with van der Waals surface area (Å²) in [7, 11) is 0. The number of carbonyl (C=O) groups is 1. The van der Waals surface area contributed by atoms with E-state index < -0.39 is 5.97 Å². The molecule has 0 fully saturated rings. The Balaban J connectivity index is 1.90. The SMILES string of the molecule is O=C(O)c1cccc(/N=C/c2ccc3ccccc3n2)c1. The van der Waals surface area contributed by atoms with Gasteiger partial charge in [0.2, 0.25) is 0 Å². The lowest BCUT2D eigenvalue weighted by molar-refractivity contribution is 0.0697. The third kappa shape index (κ3) is 2.95. The Morgan fingerprint density at radius 2 is 1.90 bits per heavy atom. The average Bonchev–Trinajstić information content (AvgIpc) is 2.53. The van der Waals surface area contributed by atoms with Gasteiger partial charge in [-0.25, -0.2) is 9.78 Å². The molecule has 0 saturated heterocycles. The Morgan fingerprint density at radius 3 is 2.76 bits per heavy atom. The van der Waals surface area contributed by atoms with E-state index in [0.717, 1.165) is 16.6 Å². The van der Waals surface area contributed by atoms with Crippen LogP contribution in [0.1, 0.15) is 16.1 Å². The second-order valence-corrected chi connectivity index (χ2v) is 4.54. The number of para-hydroxylation sites is 1. The van der Waals surface area contributed by atoms with Gasteiger partial charge in [-0.15, -0.1) is 0 Å². The molecule has 0 saturated carbocycles. The maximum absolute atomic E-state index is 10.9. The predicted molar refractivity (Wildman–Crippen MR) is 82.4 cm³/mol. The number of benzene rings is 2. The van der Waals surface area contributed by atoms with Crippen LogP contribution in [0.15, 0.2) is 65.7 Å². The summed E-state index contributed by atoms with van der Waals surface area (Å²) in [5, 5.41) is 10.0. The van der Waals surface area contributed by atoms with Crippen molar-refractivity contribution in [1.82, 2.24) is 4.98 Å². The summed E-state index contributed by atoms with van der Waals surface area (Å²) in [5.74, 6) is -0.962. The molecule has 4 heteroatoms. The van der Waals surface area contributed by atoms with Crippen LogP contribution in [-0.4, -0.2) is 22.3 Å². The molecule has 0 bridgehead atoms. The van der Waals surface area contributed by atoms with Gasteiger partial charge in [-0.1, -0.05) is 30.3 Å². The standard InChI is InChI=1S/C17H12N2O2/c20-17(21)13-5-3-6-14(10-13)18-11-15-9-8-12-4-1-2-7-16(12)19-15/h1-11H,(H,20,21)/b18-11+. The van der Waals surface area contributed by atoms with E-state index in [4.69, 9.17) is 5.11 Å². The molecule has 21 heavy (non-hydrogen) atoms. The Bertz CT molecular complexity index is 841. The molecular weight excluding hydrogens is 264 g/mol. The summed E-state index contributed by atoms with van der Waals surface area (Å²) in [4.78, 5) is 19.7. The van der Waals surface area contributed by atoms with Gasteiger partial charge in [0, 0.05) is 5.39 Å². The highest BCUT2D eigenvalue weighted by Gasteiger charge is 2.02. The molecule has 0 unspecified atom stereocenters. The normalized spacial score (nSPS) is 11.0. The lowest BCUT2D eigenvalue weighted by Gasteiger charge is -1.99. The first-order valence-corrected chi connectivity index (χ1v) is 6.45. The Kier molecular flexibility index (Phi) is 3.43. The zero-order valence-electron chi connectivity index (χ0n) is 11.1. The third-order valence-corrected chi connectivity index (χ3v) is 3.06. The molecule has 102 valence electrons. The number of rotatable bonds is 3. The van der Waals surface area contributed by atoms with Gasteiger partial charge >= 0.3 is 5.97 Å². The average molecular weight is 276 g/mol. The van der Waals surface area contributed by atoms with Crippen molar-refractivity contribution >= 4 is 28.8 Å². The van der Waals surface area contributed by atoms with Crippen LogP contribution in [0.4, 0.5) is 5.69 Å². The molecule has 0 spiro atoms. The van der Waals surface area contributed by atoms with Crippen molar-refractivity contribution in [2.75, 3.05) is 0 Å². The molecular formula is C17H12N2O2. The molecule has 1 heterocycles. The zero-order valence-corrected chi connectivity index (χ0v) is 11.1. The number of aromatic carboxylic acids is 1. The van der Waals surface area contributed by atoms with Crippen LogP contribution in [0, 0.1) is 0 Å². The summed E-state index contributed by atoms with van der Waals surface area (Å²) >= 11 is 0. The summed E-state index contributed by atoms with van der Waals surface area (Å²) in [6.45, 7) is 0. The van der Waals surface area contributed by atoms with Crippen molar-refractivity contribution in [2.24, 2.45) is 4.99 Å². The summed E-state index contributed by atoms with van der Waals surface area (Å²) < 4.78 is 0. The highest BCUT2D eigenvalue weighted by Crippen LogP contribution is 2.15. The molecule has 2 aromatic carbocycles. The first-order valence-electron chi connectivity index (χ1n) is 6.45. The highest BCUT2D eigenvalue weighted by molar-refractivity contribution is 5.89. The first kappa shape index (κ1) is 13.0. The number of fused-ring (bicyclic) bond motifs is 1. The van der Waals surface area contributed by atoms with Gasteiger partial charge in [0.1, 0.15) is 0 Å². The number of aliphatic imine (C=N–C) groups is 1. The van der Waals surface area contributed by atoms with Crippen LogP contribution in [0.5, 0.6) is 0 Å². The van der Waals surface area contributed by atoms with E-state index in [1.165, 1.54) is 12.1 Å². The van der Waals surface area contributed by atoms with Crippen molar-refractivity contribution < 1.29 is 9.90 Å². The summed E-state index contributed by atoms with van der Waals surface area (Å²) in [5.41, 5.74) is 2.44. The second-order valence-electron chi connectivity index (χ2n) is 4.54. The molecule has 0 amide bonds. The van der Waals surface area contributed by atoms with Crippen LogP contribution >= 0.6 is 0 Å². The van der Waals surface area contributed by atoms with Gasteiger partial charge in [-0.3, -0.25) is 4.99 Å². The van der Waals surface area contributed by atoms with E-state index in [0.29, 0.717) is 5.69 Å². The van der Waals surface area contributed by atoms with Crippen molar-refractivity contribution in [1.29, 1.82) is 0 Å². The Morgan fingerprint density at radius 1 is 1.05 bits per heavy atom. The van der Waals surface area contributed by atoms with Crippen molar-refractivity contribution in [3.05, 3.63) is 71.9 Å². The van der Waals surface area contributed by atoms with E-state index in [1.54, 1.807) is 18.3 Å². The van der Waals surface area contributed by atoms with E-state index in [-0.39, 0.29) is 5.56 Å². The quantitative estimate of drug-likeness (QED) is 0.742. The molecule has 0 atom stereocenters. The van der Waals surface area contributed by atoms with Crippen molar-refractivity contribution in [3.63, 3.8) is 0 Å². The Hall–Kier alpha value is -3.01. The number of carboxylic acid groups (broad SMARTS) is 1. The second kappa shape index (κ2) is 5.54. The number of pyridine rings is 1. The van der Waals surface area contributed by atoms with Crippen LogP contribution < -0.4 is 0 Å². The fourth-order valence-electron chi connectivity index (χ4n) is 2.01. The largest absolute Gasteiger partial charge is 0.478 e. The highest BCUT2D eigenvalue weighted by atomic mass is 16.4. The minimum Gasteiger partial charge on any atom is -0.478 e. The zero-order chi connectivity index (χ0) is 14.7. The minimum atomic E-state index is -0.962. The van der Waals surface area contributed by atoms with Crippen LogP contribution in [0.25, 0.3) is 10.9 Å². The fourth-order valence-corrected chi connectivity index (χ4v) is 2.01. The van der Waals surface area contributed by atoms with Gasteiger partial charge in [-0.2, -0.15) is 0 Å². The lowest BCUT2D eigenvalue weighted by atomic mass is 10.2. The van der Waals surface area contributed by atoms with Gasteiger partial charge in [0.25, 0.3) is 0 Å². The maximum atomic E-state index is 10.9. The molecule has 4 nitrogen and oxygen atoms in total. The van der Waals surface area contributed by atoms with Crippen LogP contribution in [0.3, 0.4) is 0 Å². The smallest absolute Gasteiger partial charge is 0.335 e. The predicted octanol–water partition coefficient (Wildman–Crippen LogP) is 3.68. The van der Waals surface area contributed by atoms with Gasteiger partial charge in [-0.05, 0) is 30.3 Å². The number of aromatic nitrogens is 1. The molecule has 0 aliphatic rings. The Labute approximate surface area is 121 Å². The molecule has 0 aliphatic heterocycles. The van der Waals surface area contributed by atoms with Crippen molar-refractivity contribution in [3.8, 4) is 0 Å². The molecule has 3 aromatic rings. The monoisotopic (exact) mass is 276 g/mol. The third-order valence-electron chi connectivity index (χ3n) is 3.06. The number of hydrogen-bond donors (Lipinski definition) is 1. The summed E-state index contributed by atoms with van der Waals surface area (Å²) in [6.07, 6.45) is 1.63.